The Morgan fingerprint density at radius 2 is 1.74 bits per heavy atom. The normalized spacial score (nSPS) is 20.3. The van der Waals surface area contributed by atoms with E-state index in [2.05, 4.69) is 25.0 Å². The molecule has 1 aliphatic carbocycles. The first-order valence-electron chi connectivity index (χ1n) is 13.8. The third-order valence-electron chi connectivity index (χ3n) is 7.90. The van der Waals surface area contributed by atoms with E-state index in [0.717, 1.165) is 72.3 Å². The number of anilines is 2. The molecule has 0 atom stereocenters. The lowest BCUT2D eigenvalue weighted by Gasteiger charge is -2.31. The maximum absolute atomic E-state index is 13.2. The Morgan fingerprint density at radius 3 is 2.44 bits per heavy atom. The molecule has 0 unspecified atom stereocenters. The summed E-state index contributed by atoms with van der Waals surface area (Å²) in [7, 11) is 0. The summed E-state index contributed by atoms with van der Waals surface area (Å²) in [5.41, 5.74) is 5.06. The third-order valence-corrected chi connectivity index (χ3v) is 7.90. The number of aromatic nitrogens is 6. The summed E-state index contributed by atoms with van der Waals surface area (Å²) in [6.45, 7) is 5.19. The van der Waals surface area contributed by atoms with Crippen LogP contribution in [0, 0.1) is 13.8 Å². The minimum Gasteiger partial charge on any atom is -0.393 e. The highest BCUT2D eigenvalue weighted by molar-refractivity contribution is 5.94. The van der Waals surface area contributed by atoms with Gasteiger partial charge in [0.1, 0.15) is 0 Å². The van der Waals surface area contributed by atoms with Crippen molar-refractivity contribution in [1.29, 1.82) is 0 Å². The van der Waals surface area contributed by atoms with Crippen LogP contribution in [0.5, 0.6) is 0 Å². The van der Waals surface area contributed by atoms with Crippen molar-refractivity contribution in [1.82, 2.24) is 34.6 Å². The number of fused-ring (bicyclic) bond motifs is 1. The monoisotopic (exact) mass is 526 g/mol. The van der Waals surface area contributed by atoms with Crippen LogP contribution in [-0.4, -0.2) is 64.8 Å². The van der Waals surface area contributed by atoms with Gasteiger partial charge in [0.15, 0.2) is 5.65 Å². The highest BCUT2D eigenvalue weighted by atomic mass is 16.3. The Morgan fingerprint density at radius 1 is 1.00 bits per heavy atom. The molecule has 10 nitrogen and oxygen atoms in total. The number of aryl methyl sites for hydroxylation is 2. The lowest BCUT2D eigenvalue weighted by Crippen LogP contribution is -2.38. The van der Waals surface area contributed by atoms with Gasteiger partial charge in [-0.15, -0.1) is 0 Å². The van der Waals surface area contributed by atoms with Gasteiger partial charge in [0.2, 0.25) is 5.95 Å². The zero-order chi connectivity index (χ0) is 26.9. The predicted molar refractivity (Wildman–Crippen MR) is 148 cm³/mol. The number of amides is 1. The number of rotatable bonds is 5. The van der Waals surface area contributed by atoms with Gasteiger partial charge in [-0.25, -0.2) is 9.67 Å². The first-order valence-corrected chi connectivity index (χ1v) is 13.8. The molecule has 1 saturated heterocycles. The molecule has 6 rings (SSSR count). The first kappa shape index (κ1) is 25.4. The van der Waals surface area contributed by atoms with Crippen LogP contribution < -0.4 is 5.32 Å². The molecule has 0 bridgehead atoms. The molecule has 2 N–H and O–H groups in total. The topological polar surface area (TPSA) is 122 Å². The van der Waals surface area contributed by atoms with Gasteiger partial charge < -0.3 is 15.3 Å². The number of carbonyl (C=O) groups is 1. The predicted octanol–water partition coefficient (Wildman–Crippen LogP) is 4.47. The average Bonchev–Trinajstić information content (AvgIpc) is 3.32. The summed E-state index contributed by atoms with van der Waals surface area (Å²) < 4.78 is 2.06. The molecule has 1 aliphatic heterocycles. The van der Waals surface area contributed by atoms with Crippen LogP contribution in [0.15, 0.2) is 42.9 Å². The van der Waals surface area contributed by atoms with Gasteiger partial charge in [0.25, 0.3) is 5.91 Å². The summed E-state index contributed by atoms with van der Waals surface area (Å²) in [5, 5.41) is 19.4. The van der Waals surface area contributed by atoms with Crippen LogP contribution in [0.25, 0.3) is 11.0 Å². The van der Waals surface area contributed by atoms with Crippen LogP contribution in [0.1, 0.15) is 77.9 Å². The number of hydrogen-bond donors (Lipinski definition) is 2. The van der Waals surface area contributed by atoms with E-state index in [0.29, 0.717) is 24.6 Å². The zero-order valence-electron chi connectivity index (χ0n) is 22.4. The van der Waals surface area contributed by atoms with Crippen LogP contribution >= 0.6 is 0 Å². The Kier molecular flexibility index (Phi) is 6.95. The second-order valence-electron chi connectivity index (χ2n) is 10.8. The Bertz CT molecular complexity index is 1450. The summed E-state index contributed by atoms with van der Waals surface area (Å²) >= 11 is 0. The van der Waals surface area contributed by atoms with E-state index in [9.17, 15) is 9.90 Å². The molecule has 4 aromatic heterocycles. The number of nitrogens with one attached hydrogen (secondary N) is 1. The van der Waals surface area contributed by atoms with Gasteiger partial charge in [0.05, 0.1) is 35.1 Å². The molecule has 2 fully saturated rings. The first-order chi connectivity index (χ1) is 18.9. The van der Waals surface area contributed by atoms with Gasteiger partial charge in [-0.2, -0.15) is 10.1 Å². The number of aliphatic hydroxyl groups excluding tert-OH is 1. The largest absolute Gasteiger partial charge is 0.393 e. The third kappa shape index (κ3) is 5.34. The van der Waals surface area contributed by atoms with Crippen molar-refractivity contribution in [2.24, 2.45) is 0 Å². The molecule has 0 spiro atoms. The fourth-order valence-electron chi connectivity index (χ4n) is 5.93. The Labute approximate surface area is 227 Å². The molecule has 202 valence electrons. The average molecular weight is 527 g/mol. The van der Waals surface area contributed by atoms with Gasteiger partial charge in [-0.05, 0) is 76.6 Å². The molecule has 0 aromatic carbocycles. The molecular formula is C29H34N8O2. The van der Waals surface area contributed by atoms with E-state index in [1.165, 1.54) is 0 Å². The number of carbonyl (C=O) groups excluding carboxylic acids is 1. The van der Waals surface area contributed by atoms with Crippen LogP contribution in [0.4, 0.5) is 11.6 Å². The van der Waals surface area contributed by atoms with E-state index < -0.39 is 0 Å². The van der Waals surface area contributed by atoms with E-state index >= 15 is 0 Å². The number of nitrogens with zero attached hydrogens (tertiary/aromatic N) is 7. The lowest BCUT2D eigenvalue weighted by molar-refractivity contribution is 0.0711. The van der Waals surface area contributed by atoms with Crippen molar-refractivity contribution in [2.75, 3.05) is 18.4 Å². The molecular weight excluding hydrogens is 492 g/mol. The Hall–Kier alpha value is -3.92. The summed E-state index contributed by atoms with van der Waals surface area (Å²) in [5.74, 6) is 0.781. The molecule has 2 aliphatic rings. The lowest BCUT2D eigenvalue weighted by atomic mass is 9.92. The second kappa shape index (κ2) is 10.7. The quantitative estimate of drug-likeness (QED) is 0.391. The van der Waals surface area contributed by atoms with Gasteiger partial charge >= 0.3 is 0 Å². The minimum absolute atomic E-state index is 0.0626. The van der Waals surface area contributed by atoms with Crippen molar-refractivity contribution >= 4 is 28.6 Å². The number of hydrogen-bond acceptors (Lipinski definition) is 8. The maximum Gasteiger partial charge on any atom is 0.253 e. The molecule has 10 heteroatoms. The van der Waals surface area contributed by atoms with E-state index in [1.54, 1.807) is 12.4 Å². The summed E-state index contributed by atoms with van der Waals surface area (Å²) in [6, 6.07) is 7.71. The van der Waals surface area contributed by atoms with Crippen LogP contribution in [0.2, 0.25) is 0 Å². The van der Waals surface area contributed by atoms with Gasteiger partial charge in [0, 0.05) is 48.4 Å². The zero-order valence-corrected chi connectivity index (χ0v) is 22.4. The number of likely N-dealkylation sites (tertiary alicyclic amines) is 1. The molecule has 1 amide bonds. The van der Waals surface area contributed by atoms with Gasteiger partial charge in [-0.3, -0.25) is 14.8 Å². The van der Waals surface area contributed by atoms with Gasteiger partial charge in [-0.1, -0.05) is 0 Å². The van der Waals surface area contributed by atoms with Crippen LogP contribution in [-0.2, 0) is 0 Å². The molecule has 5 heterocycles. The highest BCUT2D eigenvalue weighted by Gasteiger charge is 2.31. The van der Waals surface area contributed by atoms with E-state index in [1.807, 2.05) is 49.2 Å². The van der Waals surface area contributed by atoms with Crippen LogP contribution in [0.3, 0.4) is 0 Å². The van der Waals surface area contributed by atoms with Crippen molar-refractivity contribution < 1.29 is 9.90 Å². The maximum atomic E-state index is 13.2. The van der Waals surface area contributed by atoms with Crippen molar-refractivity contribution in [2.45, 2.75) is 70.4 Å². The fourth-order valence-corrected chi connectivity index (χ4v) is 5.93. The molecule has 39 heavy (non-hydrogen) atoms. The van der Waals surface area contributed by atoms with Crippen molar-refractivity contribution in [3.63, 3.8) is 0 Å². The fraction of sp³-hybridized carbons (Fsp3) is 0.448. The van der Waals surface area contributed by atoms with Crippen molar-refractivity contribution in [3.05, 3.63) is 65.5 Å². The second-order valence-corrected chi connectivity index (χ2v) is 10.8. The highest BCUT2D eigenvalue weighted by Crippen LogP contribution is 2.36. The number of piperidine rings is 1. The molecule has 4 aromatic rings. The summed E-state index contributed by atoms with van der Waals surface area (Å²) in [4.78, 5) is 33.2. The smallest absolute Gasteiger partial charge is 0.253 e. The Balaban J connectivity index is 1.26. The van der Waals surface area contributed by atoms with E-state index in [-0.39, 0.29) is 24.0 Å². The number of aliphatic hydroxyl groups is 1. The standard InChI is InChI=1S/C29H34N8O2/c1-18-14-21(15-19(2)32-18)28(39)36-12-9-20(10-13-36)26-25-17-31-29(33-22-4-3-11-30-16-22)34-27(25)37(35-26)23-5-7-24(38)8-6-23/h3-4,11,14-17,20,23-24,38H,5-10,12-13H2,1-2H3,(H,31,33,34). The van der Waals surface area contributed by atoms with E-state index in [4.69, 9.17) is 10.1 Å². The molecule has 0 radical (unpaired) electrons. The molecule has 1 saturated carbocycles. The minimum atomic E-state index is -0.241. The number of pyridine rings is 2. The summed E-state index contributed by atoms with van der Waals surface area (Å²) in [6.07, 6.45) is 10.0. The van der Waals surface area contributed by atoms with Crippen molar-refractivity contribution in [3.8, 4) is 0 Å². The SMILES string of the molecule is Cc1cc(C(=O)N2CCC(c3nn(C4CCC(O)CC4)c4nc(Nc5cccnc5)ncc34)CC2)cc(C)n1.